The molecule has 1 aromatic heterocycles. The predicted molar refractivity (Wildman–Crippen MR) is 56.4 cm³/mol. The van der Waals surface area contributed by atoms with Crippen LogP contribution in [0.4, 0.5) is 4.39 Å². The van der Waals surface area contributed by atoms with Crippen LogP contribution in [0, 0.1) is 5.82 Å². The number of rotatable bonds is 1. The molecule has 2 nitrogen and oxygen atoms in total. The monoisotopic (exact) mass is 203 g/mol. The molecule has 0 unspecified atom stereocenters. The summed E-state index contributed by atoms with van der Waals surface area (Å²) in [6, 6.07) is 8.95. The first kappa shape index (κ1) is 8.65. The summed E-state index contributed by atoms with van der Waals surface area (Å²) in [5.41, 5.74) is 0.350. The fourth-order valence-corrected chi connectivity index (χ4v) is 1.95. The minimum Gasteiger partial charge on any atom is -0.303 e. The van der Waals surface area contributed by atoms with E-state index in [2.05, 4.69) is 0 Å². The number of para-hydroxylation sites is 1. The highest BCUT2D eigenvalue weighted by molar-refractivity contribution is 5.79. The maximum Gasteiger partial charge on any atom is 0.287 e. The van der Waals surface area contributed by atoms with Gasteiger partial charge in [0.1, 0.15) is 0 Å². The molecule has 3 rings (SSSR count). The largest absolute Gasteiger partial charge is 0.303 e. The Morgan fingerprint density at radius 3 is 2.73 bits per heavy atom. The third kappa shape index (κ3) is 1.27. The lowest BCUT2D eigenvalue weighted by atomic mass is 10.2. The SMILES string of the molecule is O=c1c(F)cc2ccccc2n1C1CC1. The number of hydrogen-bond donors (Lipinski definition) is 0. The normalized spacial score (nSPS) is 15.8. The van der Waals surface area contributed by atoms with E-state index < -0.39 is 11.4 Å². The predicted octanol–water partition coefficient (Wildman–Crippen LogP) is 2.48. The van der Waals surface area contributed by atoms with E-state index >= 15 is 0 Å². The number of aromatic nitrogens is 1. The minimum atomic E-state index is -0.652. The summed E-state index contributed by atoms with van der Waals surface area (Å²) >= 11 is 0. The van der Waals surface area contributed by atoms with Crippen molar-refractivity contribution in [1.29, 1.82) is 0 Å². The summed E-state index contributed by atoms with van der Waals surface area (Å²) in [5, 5.41) is 0.793. The molecule has 1 fully saturated rings. The fraction of sp³-hybridized carbons (Fsp3) is 0.250. The number of nitrogens with zero attached hydrogens (tertiary/aromatic N) is 1. The third-order valence-electron chi connectivity index (χ3n) is 2.81. The first-order chi connectivity index (χ1) is 7.27. The van der Waals surface area contributed by atoms with Crippen molar-refractivity contribution < 1.29 is 4.39 Å². The van der Waals surface area contributed by atoms with Crippen LogP contribution >= 0.6 is 0 Å². The van der Waals surface area contributed by atoms with Gasteiger partial charge in [-0.2, -0.15) is 0 Å². The van der Waals surface area contributed by atoms with Crippen LogP contribution in [0.25, 0.3) is 10.9 Å². The quantitative estimate of drug-likeness (QED) is 0.697. The Morgan fingerprint density at radius 2 is 2.00 bits per heavy atom. The molecule has 0 amide bonds. The number of benzene rings is 1. The molecule has 76 valence electrons. The third-order valence-corrected chi connectivity index (χ3v) is 2.81. The van der Waals surface area contributed by atoms with E-state index in [1.165, 1.54) is 6.07 Å². The van der Waals surface area contributed by atoms with Gasteiger partial charge < -0.3 is 4.57 Å². The molecule has 1 aliphatic carbocycles. The van der Waals surface area contributed by atoms with Gasteiger partial charge in [0.25, 0.3) is 5.56 Å². The van der Waals surface area contributed by atoms with Gasteiger partial charge in [0, 0.05) is 11.4 Å². The molecule has 0 saturated heterocycles. The zero-order chi connectivity index (χ0) is 10.4. The number of pyridine rings is 1. The zero-order valence-electron chi connectivity index (χ0n) is 8.11. The fourth-order valence-electron chi connectivity index (χ4n) is 1.95. The van der Waals surface area contributed by atoms with Crippen LogP contribution in [0.5, 0.6) is 0 Å². The Kier molecular flexibility index (Phi) is 1.69. The molecular weight excluding hydrogens is 193 g/mol. The van der Waals surface area contributed by atoms with Crippen LogP contribution in [-0.2, 0) is 0 Å². The van der Waals surface area contributed by atoms with Crippen LogP contribution < -0.4 is 5.56 Å². The highest BCUT2D eigenvalue weighted by Gasteiger charge is 2.27. The molecule has 0 N–H and O–H groups in total. The van der Waals surface area contributed by atoms with E-state index in [-0.39, 0.29) is 6.04 Å². The van der Waals surface area contributed by atoms with Crippen molar-refractivity contribution in [2.24, 2.45) is 0 Å². The van der Waals surface area contributed by atoms with E-state index in [9.17, 15) is 9.18 Å². The Balaban J connectivity index is 2.46. The van der Waals surface area contributed by atoms with Crippen LogP contribution in [-0.4, -0.2) is 4.57 Å². The minimum absolute atomic E-state index is 0.207. The average Bonchev–Trinajstić information content (AvgIpc) is 3.04. The summed E-state index contributed by atoms with van der Waals surface area (Å²) in [4.78, 5) is 11.7. The van der Waals surface area contributed by atoms with Gasteiger partial charge in [0.2, 0.25) is 0 Å². The lowest BCUT2D eigenvalue weighted by Gasteiger charge is -2.08. The maximum absolute atomic E-state index is 13.4. The van der Waals surface area contributed by atoms with Crippen LogP contribution in [0.15, 0.2) is 35.1 Å². The van der Waals surface area contributed by atoms with E-state index in [4.69, 9.17) is 0 Å². The van der Waals surface area contributed by atoms with Crippen molar-refractivity contribution in [3.05, 3.63) is 46.5 Å². The van der Waals surface area contributed by atoms with Gasteiger partial charge in [-0.25, -0.2) is 4.39 Å². The van der Waals surface area contributed by atoms with Gasteiger partial charge >= 0.3 is 0 Å². The standard InChI is InChI=1S/C12H10FNO/c13-10-7-8-3-1-2-4-11(8)14(12(10)15)9-5-6-9/h1-4,7,9H,5-6H2. The van der Waals surface area contributed by atoms with Gasteiger partial charge in [0.05, 0.1) is 5.52 Å². The van der Waals surface area contributed by atoms with Gasteiger partial charge in [-0.05, 0) is 25.0 Å². The van der Waals surface area contributed by atoms with Crippen molar-refractivity contribution in [3.8, 4) is 0 Å². The van der Waals surface area contributed by atoms with Gasteiger partial charge in [-0.15, -0.1) is 0 Å². The molecule has 2 aromatic rings. The summed E-state index contributed by atoms with van der Waals surface area (Å²) in [7, 11) is 0. The smallest absolute Gasteiger partial charge is 0.287 e. The second kappa shape index (κ2) is 2.92. The first-order valence-corrected chi connectivity index (χ1v) is 5.07. The Labute approximate surface area is 86.0 Å². The molecule has 0 radical (unpaired) electrons. The molecule has 1 aromatic carbocycles. The van der Waals surface area contributed by atoms with Crippen LogP contribution in [0.2, 0.25) is 0 Å². The van der Waals surface area contributed by atoms with E-state index in [0.717, 1.165) is 23.7 Å². The summed E-state index contributed by atoms with van der Waals surface area (Å²) in [6.07, 6.45) is 1.96. The Morgan fingerprint density at radius 1 is 1.27 bits per heavy atom. The molecular formula is C12H10FNO. The number of fused-ring (bicyclic) bond motifs is 1. The lowest BCUT2D eigenvalue weighted by Crippen LogP contribution is -2.22. The molecule has 15 heavy (non-hydrogen) atoms. The molecule has 3 heteroatoms. The average molecular weight is 203 g/mol. The van der Waals surface area contributed by atoms with Gasteiger partial charge in [0.15, 0.2) is 5.82 Å². The van der Waals surface area contributed by atoms with Crippen LogP contribution in [0.3, 0.4) is 0 Å². The van der Waals surface area contributed by atoms with E-state index in [0.29, 0.717) is 0 Å². The molecule has 0 spiro atoms. The molecule has 1 aliphatic rings. The van der Waals surface area contributed by atoms with Gasteiger partial charge in [-0.3, -0.25) is 4.79 Å². The van der Waals surface area contributed by atoms with Crippen molar-refractivity contribution in [1.82, 2.24) is 4.57 Å². The topological polar surface area (TPSA) is 22.0 Å². The maximum atomic E-state index is 13.4. The van der Waals surface area contributed by atoms with Crippen molar-refractivity contribution in [2.75, 3.05) is 0 Å². The zero-order valence-corrected chi connectivity index (χ0v) is 8.11. The summed E-state index contributed by atoms with van der Waals surface area (Å²) in [5.74, 6) is -0.652. The van der Waals surface area contributed by atoms with Crippen molar-refractivity contribution >= 4 is 10.9 Å². The Bertz CT molecular complexity index is 584. The van der Waals surface area contributed by atoms with E-state index in [1.54, 1.807) is 4.57 Å². The van der Waals surface area contributed by atoms with Gasteiger partial charge in [-0.1, -0.05) is 18.2 Å². The second-order valence-electron chi connectivity index (χ2n) is 3.96. The summed E-state index contributed by atoms with van der Waals surface area (Å²) < 4.78 is 15.0. The second-order valence-corrected chi connectivity index (χ2v) is 3.96. The molecule has 1 saturated carbocycles. The first-order valence-electron chi connectivity index (χ1n) is 5.07. The Hall–Kier alpha value is -1.64. The molecule has 0 bridgehead atoms. The van der Waals surface area contributed by atoms with Crippen molar-refractivity contribution in [2.45, 2.75) is 18.9 Å². The number of halogens is 1. The molecule has 0 atom stereocenters. The lowest BCUT2D eigenvalue weighted by molar-refractivity contribution is 0.582. The highest BCUT2D eigenvalue weighted by atomic mass is 19.1. The van der Waals surface area contributed by atoms with E-state index in [1.807, 2.05) is 24.3 Å². The molecule has 0 aliphatic heterocycles. The molecule has 1 heterocycles. The highest BCUT2D eigenvalue weighted by Crippen LogP contribution is 2.35. The summed E-state index contributed by atoms with van der Waals surface area (Å²) in [6.45, 7) is 0. The number of hydrogen-bond acceptors (Lipinski definition) is 1. The van der Waals surface area contributed by atoms with Crippen molar-refractivity contribution in [3.63, 3.8) is 0 Å². The van der Waals surface area contributed by atoms with Crippen LogP contribution in [0.1, 0.15) is 18.9 Å².